The maximum atomic E-state index is 12.9. The molecule has 0 saturated carbocycles. The third kappa shape index (κ3) is 9.90. The summed E-state index contributed by atoms with van der Waals surface area (Å²) in [5, 5.41) is 13.9. The number of aromatic nitrogens is 2. The number of H-pyrrole nitrogens is 1. The van der Waals surface area contributed by atoms with Crippen LogP contribution in [-0.2, 0) is 4.79 Å². The molecule has 284 valence electrons. The smallest absolute Gasteiger partial charge is 0.384 e. The second-order valence-corrected chi connectivity index (χ2v) is 14.0. The van der Waals surface area contributed by atoms with Crippen LogP contribution in [-0.4, -0.2) is 104 Å². The van der Waals surface area contributed by atoms with Crippen molar-refractivity contribution in [2.24, 2.45) is 16.1 Å². The Bertz CT molecular complexity index is 1710. The summed E-state index contributed by atoms with van der Waals surface area (Å²) in [6.45, 7) is 17.4. The zero-order chi connectivity index (χ0) is 38.1. The minimum Gasteiger partial charge on any atom is -0.384 e. The molecule has 3 aromatic rings. The first-order chi connectivity index (χ1) is 24.8. The molecule has 3 aliphatic heterocycles. The molecule has 12 heteroatoms. The molecule has 9 nitrogen and oxygen atoms in total. The number of halogens is 3. The van der Waals surface area contributed by atoms with Crippen LogP contribution >= 0.6 is 0 Å². The number of hydrogen-bond donors (Lipinski definition) is 4. The second-order valence-electron chi connectivity index (χ2n) is 14.0. The van der Waals surface area contributed by atoms with Gasteiger partial charge in [-0.25, -0.2) is 0 Å². The Morgan fingerprint density at radius 3 is 2.52 bits per heavy atom. The molecule has 2 fully saturated rings. The highest BCUT2D eigenvalue weighted by molar-refractivity contribution is 5.97. The van der Waals surface area contributed by atoms with E-state index < -0.39 is 12.2 Å². The molecular formula is C40H57F3N8O. The molecule has 2 saturated heterocycles. The van der Waals surface area contributed by atoms with Crippen molar-refractivity contribution < 1.29 is 18.0 Å². The number of rotatable bonds is 8. The summed E-state index contributed by atoms with van der Waals surface area (Å²) < 4.78 is 38.5. The van der Waals surface area contributed by atoms with Gasteiger partial charge in [0.2, 0.25) is 5.91 Å². The molecule has 3 unspecified atom stereocenters. The van der Waals surface area contributed by atoms with Gasteiger partial charge in [0, 0.05) is 61.2 Å². The summed E-state index contributed by atoms with van der Waals surface area (Å²) in [5.41, 5.74) is 13.3. The fourth-order valence-corrected chi connectivity index (χ4v) is 7.39. The van der Waals surface area contributed by atoms with Gasteiger partial charge in [-0.2, -0.15) is 18.3 Å². The van der Waals surface area contributed by atoms with Crippen LogP contribution in [0.2, 0.25) is 0 Å². The number of nitrogens with one attached hydrogen (secondary N) is 3. The quantitative estimate of drug-likeness (QED) is 0.121. The summed E-state index contributed by atoms with van der Waals surface area (Å²) in [6.07, 6.45) is 0.676. The minimum atomic E-state index is -4.19. The van der Waals surface area contributed by atoms with Gasteiger partial charge in [0.15, 0.2) is 0 Å². The van der Waals surface area contributed by atoms with Crippen molar-refractivity contribution in [2.75, 3.05) is 59.9 Å². The Kier molecular flexibility index (Phi) is 14.2. The lowest BCUT2D eigenvalue weighted by Gasteiger charge is -2.31. The molecule has 4 heterocycles. The number of hydrogen-bond acceptors (Lipinski definition) is 6. The molecule has 1 aromatic heterocycles. The number of nitrogens with zero attached hydrogens (tertiary/aromatic N) is 4. The van der Waals surface area contributed by atoms with Crippen molar-refractivity contribution in [3.8, 4) is 0 Å². The fraction of sp³-hybridized carbons (Fsp3) is 0.525. The highest BCUT2D eigenvalue weighted by Gasteiger charge is 2.43. The maximum absolute atomic E-state index is 12.9. The number of likely N-dealkylation sites (tertiary alicyclic amines) is 1. The Morgan fingerprint density at radius 1 is 1.17 bits per heavy atom. The summed E-state index contributed by atoms with van der Waals surface area (Å²) in [7, 11) is 3.68. The van der Waals surface area contributed by atoms with Gasteiger partial charge in [-0.3, -0.25) is 19.8 Å². The number of aryl methyl sites for hydroxylation is 1. The molecule has 6 rings (SSSR count). The number of amides is 1. The number of aromatic amines is 1. The van der Waals surface area contributed by atoms with E-state index in [1.165, 1.54) is 16.7 Å². The van der Waals surface area contributed by atoms with Crippen LogP contribution < -0.4 is 16.4 Å². The fourth-order valence-electron chi connectivity index (χ4n) is 7.39. The van der Waals surface area contributed by atoms with Crippen LogP contribution in [0.5, 0.6) is 0 Å². The van der Waals surface area contributed by atoms with Crippen LogP contribution in [0.25, 0.3) is 16.5 Å². The normalized spacial score (nSPS) is 22.6. The maximum Gasteiger partial charge on any atom is 0.403 e. The molecule has 2 aromatic carbocycles. The number of amidine groups is 1. The molecule has 52 heavy (non-hydrogen) atoms. The van der Waals surface area contributed by atoms with Crippen molar-refractivity contribution in [1.82, 2.24) is 30.6 Å². The van der Waals surface area contributed by atoms with Crippen LogP contribution in [0.3, 0.4) is 0 Å². The third-order valence-electron chi connectivity index (χ3n) is 10.5. The Balaban J connectivity index is 0.000000238. The highest BCUT2D eigenvalue weighted by Crippen LogP contribution is 2.37. The number of fused-ring (bicyclic) bond motifs is 1. The minimum absolute atomic E-state index is 0.0642. The number of piperidine rings is 1. The van der Waals surface area contributed by atoms with Crippen LogP contribution in [0.15, 0.2) is 65.7 Å². The van der Waals surface area contributed by atoms with Gasteiger partial charge in [-0.05, 0) is 82.9 Å². The molecule has 1 amide bonds. The summed E-state index contributed by atoms with van der Waals surface area (Å²) in [4.78, 5) is 21.2. The topological polar surface area (TPSA) is 115 Å². The number of nitrogens with two attached hydrogens (primary N) is 1. The Hall–Kier alpha value is -4.00. The number of carbonyl (C=O) groups excluding carboxylic acids is 1. The molecule has 0 aliphatic carbocycles. The predicted molar refractivity (Wildman–Crippen MR) is 206 cm³/mol. The number of carbonyl (C=O) groups is 1. The van der Waals surface area contributed by atoms with Crippen molar-refractivity contribution in [3.63, 3.8) is 0 Å². The number of benzene rings is 2. The van der Waals surface area contributed by atoms with Crippen molar-refractivity contribution >= 4 is 28.2 Å². The lowest BCUT2D eigenvalue weighted by atomic mass is 9.80. The first-order valence-electron chi connectivity index (χ1n) is 18.4. The van der Waals surface area contributed by atoms with E-state index in [0.29, 0.717) is 31.9 Å². The van der Waals surface area contributed by atoms with Gasteiger partial charge in [0.05, 0.1) is 12.1 Å². The van der Waals surface area contributed by atoms with E-state index >= 15 is 0 Å². The van der Waals surface area contributed by atoms with E-state index in [-0.39, 0.29) is 23.7 Å². The van der Waals surface area contributed by atoms with Crippen LogP contribution in [0.1, 0.15) is 74.8 Å². The Morgan fingerprint density at radius 2 is 1.90 bits per heavy atom. The summed E-state index contributed by atoms with van der Waals surface area (Å²) >= 11 is 0. The van der Waals surface area contributed by atoms with Crippen molar-refractivity contribution in [3.05, 3.63) is 83.1 Å². The average molecular weight is 723 g/mol. The van der Waals surface area contributed by atoms with Crippen LogP contribution in [0.4, 0.5) is 13.2 Å². The zero-order valence-electron chi connectivity index (χ0n) is 31.7. The standard InChI is InChI=1S/C24H35N5O.C14H16F3N3.C2H6/c1-18(2)24(16-26-3)11-14-28(17-24)15-22(30)29-12-9-20(10-13-29)19-5-7-21(8-6-19)23(25)27-4;1-8-2-3-11-10(6-8)13(20-19-11)9-4-5-18-12(7-9)14(15,16)17;1-2/h5-9,26H,1,10-17H2,2-4H3,(H2,25,27);2-3,6,9,12,18H,4-5,7H2,1H3,(H,19,20);1-2H3. The zero-order valence-corrected chi connectivity index (χ0v) is 31.7. The predicted octanol–water partition coefficient (Wildman–Crippen LogP) is 6.42. The first kappa shape index (κ1) is 40.8. The van der Waals surface area contributed by atoms with E-state index in [2.05, 4.69) is 62.4 Å². The number of alkyl halides is 3. The largest absolute Gasteiger partial charge is 0.403 e. The summed E-state index contributed by atoms with van der Waals surface area (Å²) in [6, 6.07) is 12.6. The van der Waals surface area contributed by atoms with Gasteiger partial charge in [0.25, 0.3) is 0 Å². The molecule has 0 radical (unpaired) electrons. The SMILES string of the molecule is C=C(C)C1(CNC)CCN(CC(=O)N2CC=C(c3ccc(C(N)=NC)cc3)CC2)C1.CC.Cc1ccc2n[nH]c(C3CCNC(C(F)(F)F)C3)c2c1. The molecule has 3 aliphatic rings. The van der Waals surface area contributed by atoms with E-state index in [4.69, 9.17) is 5.73 Å². The van der Waals surface area contributed by atoms with Gasteiger partial charge < -0.3 is 21.3 Å². The molecule has 0 bridgehead atoms. The number of aliphatic imine (C=N–C) groups is 1. The van der Waals surface area contributed by atoms with E-state index in [9.17, 15) is 18.0 Å². The van der Waals surface area contributed by atoms with E-state index in [1.54, 1.807) is 7.05 Å². The van der Waals surface area contributed by atoms with E-state index in [1.807, 2.05) is 63.1 Å². The van der Waals surface area contributed by atoms with Crippen molar-refractivity contribution in [1.29, 1.82) is 0 Å². The van der Waals surface area contributed by atoms with E-state index in [0.717, 1.165) is 66.7 Å². The van der Waals surface area contributed by atoms with Crippen molar-refractivity contribution in [2.45, 2.75) is 71.5 Å². The lowest BCUT2D eigenvalue weighted by molar-refractivity contribution is -0.161. The Labute approximate surface area is 307 Å². The molecule has 0 spiro atoms. The molecule has 5 N–H and O–H groups in total. The van der Waals surface area contributed by atoms with Crippen LogP contribution in [0, 0.1) is 12.3 Å². The van der Waals surface area contributed by atoms with Gasteiger partial charge >= 0.3 is 6.18 Å². The first-order valence-corrected chi connectivity index (χ1v) is 18.4. The monoisotopic (exact) mass is 722 g/mol. The molecular weight excluding hydrogens is 665 g/mol. The molecule has 3 atom stereocenters. The van der Waals surface area contributed by atoms with Gasteiger partial charge in [-0.1, -0.05) is 68.0 Å². The average Bonchev–Trinajstić information content (AvgIpc) is 3.77. The lowest BCUT2D eigenvalue weighted by Crippen LogP contribution is -2.47. The summed E-state index contributed by atoms with van der Waals surface area (Å²) in [5.74, 6) is 0.632. The highest BCUT2D eigenvalue weighted by atomic mass is 19.4. The van der Waals surface area contributed by atoms with Gasteiger partial charge in [-0.15, -0.1) is 0 Å². The second kappa shape index (κ2) is 18.2. The third-order valence-corrected chi connectivity index (χ3v) is 10.5. The van der Waals surface area contributed by atoms with Gasteiger partial charge in [0.1, 0.15) is 11.9 Å².